The number of aryl methyl sites for hydroxylation is 1. The van der Waals surface area contributed by atoms with Gasteiger partial charge in [0.25, 0.3) is 0 Å². The Morgan fingerprint density at radius 1 is 1.19 bits per heavy atom. The molecule has 0 saturated carbocycles. The van der Waals surface area contributed by atoms with Crippen molar-refractivity contribution in [3.05, 3.63) is 63.9 Å². The summed E-state index contributed by atoms with van der Waals surface area (Å²) < 4.78 is 2.31. The van der Waals surface area contributed by atoms with Gasteiger partial charge in [0.05, 0.1) is 23.7 Å². The van der Waals surface area contributed by atoms with Gasteiger partial charge >= 0.3 is 0 Å². The molecule has 1 saturated heterocycles. The fourth-order valence-electron chi connectivity index (χ4n) is 4.85. The zero-order valence-corrected chi connectivity index (χ0v) is 16.3. The zero-order valence-electron chi connectivity index (χ0n) is 15.5. The fourth-order valence-corrected chi connectivity index (χ4v) is 4.98. The molecule has 2 unspecified atom stereocenters. The predicted molar refractivity (Wildman–Crippen MR) is 108 cm³/mol. The number of aliphatic hydroxyl groups excluding tert-OH is 1. The van der Waals surface area contributed by atoms with Crippen LogP contribution in [-0.2, 0) is 13.0 Å². The smallest absolute Gasteiger partial charge is 0.0969 e. The van der Waals surface area contributed by atoms with Crippen LogP contribution in [0.4, 0.5) is 0 Å². The summed E-state index contributed by atoms with van der Waals surface area (Å²) in [4.78, 5) is 7.52. The minimum Gasteiger partial charge on any atom is -0.387 e. The van der Waals surface area contributed by atoms with Crippen LogP contribution in [0.2, 0.25) is 5.02 Å². The van der Waals surface area contributed by atoms with Crippen LogP contribution < -0.4 is 0 Å². The molecule has 2 aromatic heterocycles. The highest BCUT2D eigenvalue weighted by Gasteiger charge is 2.36. The van der Waals surface area contributed by atoms with E-state index in [1.807, 2.05) is 24.3 Å². The summed E-state index contributed by atoms with van der Waals surface area (Å²) in [6.45, 7) is 4.89. The van der Waals surface area contributed by atoms with Gasteiger partial charge in [-0.1, -0.05) is 23.7 Å². The van der Waals surface area contributed by atoms with E-state index in [1.54, 1.807) is 0 Å². The van der Waals surface area contributed by atoms with Crippen molar-refractivity contribution in [1.82, 2.24) is 14.5 Å². The molecule has 1 aromatic carbocycles. The quantitative estimate of drug-likeness (QED) is 0.729. The van der Waals surface area contributed by atoms with E-state index >= 15 is 0 Å². The topological polar surface area (TPSA) is 41.3 Å². The van der Waals surface area contributed by atoms with Crippen LogP contribution in [0.3, 0.4) is 0 Å². The maximum atomic E-state index is 10.9. The van der Waals surface area contributed by atoms with E-state index in [9.17, 15) is 5.11 Å². The highest BCUT2D eigenvalue weighted by molar-refractivity contribution is 6.30. The molecule has 5 rings (SSSR count). The number of halogens is 1. The van der Waals surface area contributed by atoms with Crippen LogP contribution in [0, 0.1) is 6.92 Å². The number of fused-ring (bicyclic) bond motifs is 5. The minimum atomic E-state index is -0.565. The van der Waals surface area contributed by atoms with Gasteiger partial charge in [0.2, 0.25) is 0 Å². The van der Waals surface area contributed by atoms with Crippen LogP contribution in [0.5, 0.6) is 0 Å². The van der Waals surface area contributed by atoms with Crippen LogP contribution in [0.15, 0.2) is 36.4 Å². The molecular formula is C22H24ClN3O. The predicted octanol–water partition coefficient (Wildman–Crippen LogP) is 4.42. The normalized spacial score (nSPS) is 20.6. The number of benzene rings is 1. The lowest BCUT2D eigenvalue weighted by Crippen LogP contribution is -2.31. The Kier molecular flexibility index (Phi) is 4.23. The summed E-state index contributed by atoms with van der Waals surface area (Å²) >= 11 is 6.00. The van der Waals surface area contributed by atoms with Crippen molar-refractivity contribution in [2.24, 2.45) is 0 Å². The molecule has 1 fully saturated rings. The Morgan fingerprint density at radius 2 is 2.00 bits per heavy atom. The van der Waals surface area contributed by atoms with E-state index in [1.165, 1.54) is 30.6 Å². The number of aromatic nitrogens is 2. The molecule has 2 aliphatic rings. The van der Waals surface area contributed by atoms with Crippen molar-refractivity contribution >= 4 is 22.6 Å². The monoisotopic (exact) mass is 381 g/mol. The standard InChI is InChI=1S/C22H24ClN3O/c1-14-4-9-19-22(24-14)21-17-3-2-11-25(17)12-10-18(21)26(19)13-20(27)15-5-7-16(23)8-6-15/h4-9,17,20,27H,2-3,10-13H2,1H3. The largest absolute Gasteiger partial charge is 0.387 e. The van der Waals surface area contributed by atoms with Gasteiger partial charge in [-0.3, -0.25) is 9.88 Å². The molecule has 4 heterocycles. The molecule has 2 aliphatic heterocycles. The molecule has 0 bridgehead atoms. The fraction of sp³-hybridized carbons (Fsp3) is 0.409. The van der Waals surface area contributed by atoms with E-state index in [0.29, 0.717) is 17.6 Å². The van der Waals surface area contributed by atoms with Gasteiger partial charge in [-0.25, -0.2) is 0 Å². The number of hydrogen-bond donors (Lipinski definition) is 1. The van der Waals surface area contributed by atoms with E-state index in [4.69, 9.17) is 16.6 Å². The first-order valence-corrected chi connectivity index (χ1v) is 10.2. The van der Waals surface area contributed by atoms with Crippen molar-refractivity contribution < 1.29 is 5.11 Å². The number of pyridine rings is 1. The summed E-state index contributed by atoms with van der Waals surface area (Å²) in [6.07, 6.45) is 2.93. The highest BCUT2D eigenvalue weighted by Crippen LogP contribution is 2.42. The summed E-state index contributed by atoms with van der Waals surface area (Å²) in [7, 11) is 0. The Morgan fingerprint density at radius 3 is 2.81 bits per heavy atom. The van der Waals surface area contributed by atoms with Crippen molar-refractivity contribution in [2.75, 3.05) is 13.1 Å². The zero-order chi connectivity index (χ0) is 18.5. The second-order valence-electron chi connectivity index (χ2n) is 7.80. The summed E-state index contributed by atoms with van der Waals surface area (Å²) in [5.74, 6) is 0. The maximum absolute atomic E-state index is 10.9. The van der Waals surface area contributed by atoms with E-state index in [0.717, 1.165) is 35.3 Å². The molecule has 0 radical (unpaired) electrons. The number of nitrogens with zero attached hydrogens (tertiary/aromatic N) is 3. The SMILES string of the molecule is Cc1ccc2c(n1)c1c(n2CC(O)c2ccc(Cl)cc2)CCN2CCCC12. The molecule has 4 nitrogen and oxygen atoms in total. The van der Waals surface area contributed by atoms with Gasteiger partial charge in [0.15, 0.2) is 0 Å². The van der Waals surface area contributed by atoms with Gasteiger partial charge < -0.3 is 9.67 Å². The molecule has 0 amide bonds. The molecule has 0 spiro atoms. The highest BCUT2D eigenvalue weighted by atomic mass is 35.5. The lowest BCUT2D eigenvalue weighted by Gasteiger charge is -2.31. The van der Waals surface area contributed by atoms with Gasteiger partial charge in [-0.2, -0.15) is 0 Å². The van der Waals surface area contributed by atoms with Crippen molar-refractivity contribution in [1.29, 1.82) is 0 Å². The van der Waals surface area contributed by atoms with Gasteiger partial charge in [0, 0.05) is 41.0 Å². The van der Waals surface area contributed by atoms with Gasteiger partial charge in [-0.05, 0) is 56.1 Å². The Labute approximate surface area is 164 Å². The Bertz CT molecular complexity index is 995. The van der Waals surface area contributed by atoms with Crippen molar-refractivity contribution in [3.8, 4) is 0 Å². The number of hydrogen-bond acceptors (Lipinski definition) is 3. The van der Waals surface area contributed by atoms with Crippen molar-refractivity contribution in [2.45, 2.75) is 44.9 Å². The molecule has 5 heteroatoms. The van der Waals surface area contributed by atoms with E-state index in [-0.39, 0.29) is 0 Å². The lowest BCUT2D eigenvalue weighted by atomic mass is 9.98. The first kappa shape index (κ1) is 17.2. The number of aliphatic hydroxyl groups is 1. The molecular weight excluding hydrogens is 358 g/mol. The average molecular weight is 382 g/mol. The maximum Gasteiger partial charge on any atom is 0.0969 e. The Balaban J connectivity index is 1.61. The third-order valence-electron chi connectivity index (χ3n) is 6.14. The molecule has 140 valence electrons. The number of rotatable bonds is 3. The first-order valence-electron chi connectivity index (χ1n) is 9.78. The van der Waals surface area contributed by atoms with Crippen LogP contribution in [-0.4, -0.2) is 32.6 Å². The minimum absolute atomic E-state index is 0.486. The average Bonchev–Trinajstić information content (AvgIpc) is 3.25. The molecule has 1 N–H and O–H groups in total. The van der Waals surface area contributed by atoms with Crippen molar-refractivity contribution in [3.63, 3.8) is 0 Å². The van der Waals surface area contributed by atoms with Crippen LogP contribution >= 0.6 is 11.6 Å². The first-order chi connectivity index (χ1) is 13.1. The van der Waals surface area contributed by atoms with Gasteiger partial charge in [0.1, 0.15) is 0 Å². The summed E-state index contributed by atoms with van der Waals surface area (Å²) in [6, 6.07) is 12.2. The van der Waals surface area contributed by atoms with Gasteiger partial charge in [-0.15, -0.1) is 0 Å². The third kappa shape index (κ3) is 2.87. The lowest BCUT2D eigenvalue weighted by molar-refractivity contribution is 0.155. The third-order valence-corrected chi connectivity index (χ3v) is 6.39. The summed E-state index contributed by atoms with van der Waals surface area (Å²) in [5, 5.41) is 11.6. The molecule has 27 heavy (non-hydrogen) atoms. The van der Waals surface area contributed by atoms with E-state index < -0.39 is 6.10 Å². The second-order valence-corrected chi connectivity index (χ2v) is 8.24. The molecule has 3 aromatic rings. The van der Waals surface area contributed by atoms with E-state index in [2.05, 4.69) is 28.5 Å². The molecule has 0 aliphatic carbocycles. The Hall–Kier alpha value is -1.88. The second kappa shape index (κ2) is 6.62. The van der Waals surface area contributed by atoms with Crippen LogP contribution in [0.1, 0.15) is 47.5 Å². The summed E-state index contributed by atoms with van der Waals surface area (Å²) in [5.41, 5.74) is 6.99. The van der Waals surface area contributed by atoms with Crippen LogP contribution in [0.25, 0.3) is 11.0 Å². The molecule has 2 atom stereocenters.